The summed E-state index contributed by atoms with van der Waals surface area (Å²) in [5.41, 5.74) is 4.33. The minimum absolute atomic E-state index is 0.295. The number of halogens is 2. The zero-order chi connectivity index (χ0) is 13.8. The second kappa shape index (κ2) is 6.14. The van der Waals surface area contributed by atoms with E-state index in [1.54, 1.807) is 13.2 Å². The standard InChI is InChI=1S/C14H14BrFN2O/c1-19-11-5-6-13(15)12(8-11)14(18-17)9-3-2-4-10(16)7-9/h2-8,14,18H,17H2,1H3. The highest BCUT2D eigenvalue weighted by atomic mass is 79.9. The minimum Gasteiger partial charge on any atom is -0.497 e. The van der Waals surface area contributed by atoms with Crippen LogP contribution in [0.25, 0.3) is 0 Å². The molecule has 0 saturated heterocycles. The third-order valence-electron chi connectivity index (χ3n) is 2.86. The van der Waals surface area contributed by atoms with Crippen molar-refractivity contribution in [2.24, 2.45) is 5.84 Å². The Bertz CT molecular complexity index is 577. The molecule has 100 valence electrons. The van der Waals surface area contributed by atoms with Gasteiger partial charge in [-0.3, -0.25) is 5.84 Å². The summed E-state index contributed by atoms with van der Waals surface area (Å²) < 4.78 is 19.4. The Morgan fingerprint density at radius 2 is 2.05 bits per heavy atom. The quantitative estimate of drug-likeness (QED) is 0.671. The Kier molecular flexibility index (Phi) is 4.52. The molecule has 0 saturated carbocycles. The number of nitrogens with one attached hydrogen (secondary N) is 1. The predicted molar refractivity (Wildman–Crippen MR) is 76.3 cm³/mol. The van der Waals surface area contributed by atoms with Crippen LogP contribution in [0.1, 0.15) is 17.2 Å². The molecular weight excluding hydrogens is 311 g/mol. The molecule has 5 heteroatoms. The summed E-state index contributed by atoms with van der Waals surface area (Å²) in [5.74, 6) is 6.04. The molecule has 1 unspecified atom stereocenters. The summed E-state index contributed by atoms with van der Waals surface area (Å²) in [5, 5.41) is 0. The van der Waals surface area contributed by atoms with Crippen LogP contribution in [0, 0.1) is 5.82 Å². The SMILES string of the molecule is COc1ccc(Br)c(C(NN)c2cccc(F)c2)c1. The lowest BCUT2D eigenvalue weighted by atomic mass is 9.99. The molecule has 0 amide bonds. The summed E-state index contributed by atoms with van der Waals surface area (Å²) in [6.45, 7) is 0. The molecule has 0 aliphatic carbocycles. The topological polar surface area (TPSA) is 47.3 Å². The van der Waals surface area contributed by atoms with Gasteiger partial charge in [0.2, 0.25) is 0 Å². The molecule has 0 aromatic heterocycles. The molecule has 0 heterocycles. The van der Waals surface area contributed by atoms with Gasteiger partial charge in [0.15, 0.2) is 0 Å². The maximum atomic E-state index is 13.3. The van der Waals surface area contributed by atoms with Crippen LogP contribution in [0.3, 0.4) is 0 Å². The number of rotatable bonds is 4. The first-order chi connectivity index (χ1) is 9.15. The molecule has 0 radical (unpaired) electrons. The van der Waals surface area contributed by atoms with E-state index in [1.165, 1.54) is 12.1 Å². The number of nitrogens with two attached hydrogens (primary N) is 1. The van der Waals surface area contributed by atoms with Crippen molar-refractivity contribution in [2.45, 2.75) is 6.04 Å². The number of methoxy groups -OCH3 is 1. The van der Waals surface area contributed by atoms with Crippen molar-refractivity contribution < 1.29 is 9.13 Å². The van der Waals surface area contributed by atoms with Crippen molar-refractivity contribution >= 4 is 15.9 Å². The van der Waals surface area contributed by atoms with Crippen LogP contribution in [-0.4, -0.2) is 7.11 Å². The largest absolute Gasteiger partial charge is 0.497 e. The van der Waals surface area contributed by atoms with E-state index in [2.05, 4.69) is 21.4 Å². The molecule has 3 nitrogen and oxygen atoms in total. The van der Waals surface area contributed by atoms with Crippen LogP contribution < -0.4 is 16.0 Å². The Balaban J connectivity index is 2.47. The van der Waals surface area contributed by atoms with Crippen molar-refractivity contribution in [3.05, 3.63) is 63.9 Å². The zero-order valence-electron chi connectivity index (χ0n) is 10.4. The fourth-order valence-electron chi connectivity index (χ4n) is 1.92. The summed E-state index contributed by atoms with van der Waals surface area (Å²) in [4.78, 5) is 0. The molecule has 0 aliphatic heterocycles. The lowest BCUT2D eigenvalue weighted by Crippen LogP contribution is -2.29. The van der Waals surface area contributed by atoms with E-state index in [9.17, 15) is 4.39 Å². The molecule has 2 aromatic rings. The van der Waals surface area contributed by atoms with Gasteiger partial charge in [-0.05, 0) is 41.5 Å². The van der Waals surface area contributed by atoms with E-state index in [0.29, 0.717) is 0 Å². The van der Waals surface area contributed by atoms with E-state index in [1.807, 2.05) is 24.3 Å². The normalized spacial score (nSPS) is 12.2. The first-order valence-corrected chi connectivity index (χ1v) is 6.50. The lowest BCUT2D eigenvalue weighted by Gasteiger charge is -2.19. The summed E-state index contributed by atoms with van der Waals surface area (Å²) in [6.07, 6.45) is 0. The average molecular weight is 325 g/mol. The van der Waals surface area contributed by atoms with Crippen molar-refractivity contribution in [1.82, 2.24) is 5.43 Å². The van der Waals surface area contributed by atoms with E-state index in [0.717, 1.165) is 21.3 Å². The monoisotopic (exact) mass is 324 g/mol. The molecule has 0 aliphatic rings. The molecule has 1 atom stereocenters. The van der Waals surface area contributed by atoms with Gasteiger partial charge < -0.3 is 4.74 Å². The maximum Gasteiger partial charge on any atom is 0.123 e. The number of hydrazine groups is 1. The number of hydrogen-bond donors (Lipinski definition) is 2. The van der Waals surface area contributed by atoms with Gasteiger partial charge in [-0.25, -0.2) is 9.82 Å². The van der Waals surface area contributed by atoms with Gasteiger partial charge in [-0.15, -0.1) is 0 Å². The zero-order valence-corrected chi connectivity index (χ0v) is 11.9. The fraction of sp³-hybridized carbons (Fsp3) is 0.143. The molecule has 0 spiro atoms. The second-order valence-electron chi connectivity index (χ2n) is 4.04. The van der Waals surface area contributed by atoms with Gasteiger partial charge >= 0.3 is 0 Å². The highest BCUT2D eigenvalue weighted by molar-refractivity contribution is 9.10. The van der Waals surface area contributed by atoms with Gasteiger partial charge in [-0.2, -0.15) is 0 Å². The molecular formula is C14H14BrFN2O. The van der Waals surface area contributed by atoms with Crippen molar-refractivity contribution in [1.29, 1.82) is 0 Å². The highest BCUT2D eigenvalue weighted by Gasteiger charge is 2.16. The number of benzene rings is 2. The van der Waals surface area contributed by atoms with Crippen molar-refractivity contribution in [3.63, 3.8) is 0 Å². The molecule has 2 aromatic carbocycles. The predicted octanol–water partition coefficient (Wildman–Crippen LogP) is 3.15. The Labute approximate surface area is 119 Å². The first kappa shape index (κ1) is 14.0. The van der Waals surface area contributed by atoms with Crippen LogP contribution in [0.4, 0.5) is 4.39 Å². The number of hydrogen-bond acceptors (Lipinski definition) is 3. The van der Waals surface area contributed by atoms with Crippen LogP contribution in [0.2, 0.25) is 0 Å². The van der Waals surface area contributed by atoms with Crippen LogP contribution >= 0.6 is 15.9 Å². The first-order valence-electron chi connectivity index (χ1n) is 5.70. The third kappa shape index (κ3) is 3.12. The molecule has 3 N–H and O–H groups in total. The maximum absolute atomic E-state index is 13.3. The highest BCUT2D eigenvalue weighted by Crippen LogP contribution is 2.31. The van der Waals surface area contributed by atoms with Gasteiger partial charge in [0, 0.05) is 4.47 Å². The van der Waals surface area contributed by atoms with E-state index < -0.39 is 0 Å². The summed E-state index contributed by atoms with van der Waals surface area (Å²) >= 11 is 3.47. The van der Waals surface area contributed by atoms with E-state index >= 15 is 0 Å². The van der Waals surface area contributed by atoms with Gasteiger partial charge in [0.1, 0.15) is 11.6 Å². The Hall–Kier alpha value is -1.43. The Morgan fingerprint density at radius 3 is 2.68 bits per heavy atom. The van der Waals surface area contributed by atoms with Crippen molar-refractivity contribution in [2.75, 3.05) is 7.11 Å². The van der Waals surface area contributed by atoms with E-state index in [4.69, 9.17) is 10.6 Å². The molecule has 0 bridgehead atoms. The average Bonchev–Trinajstić information content (AvgIpc) is 2.42. The van der Waals surface area contributed by atoms with Gasteiger partial charge in [0.25, 0.3) is 0 Å². The van der Waals surface area contributed by atoms with Gasteiger partial charge in [0.05, 0.1) is 13.2 Å². The van der Waals surface area contributed by atoms with Crippen LogP contribution in [0.5, 0.6) is 5.75 Å². The minimum atomic E-state index is -0.319. The lowest BCUT2D eigenvalue weighted by molar-refractivity contribution is 0.413. The smallest absolute Gasteiger partial charge is 0.123 e. The Morgan fingerprint density at radius 1 is 1.26 bits per heavy atom. The third-order valence-corrected chi connectivity index (χ3v) is 3.59. The summed E-state index contributed by atoms with van der Waals surface area (Å²) in [6, 6.07) is 11.6. The molecule has 2 rings (SSSR count). The molecule has 0 fully saturated rings. The van der Waals surface area contributed by atoms with Crippen LogP contribution in [-0.2, 0) is 0 Å². The fourth-order valence-corrected chi connectivity index (χ4v) is 2.40. The summed E-state index contributed by atoms with van der Waals surface area (Å²) in [7, 11) is 1.60. The van der Waals surface area contributed by atoms with Crippen LogP contribution in [0.15, 0.2) is 46.9 Å². The second-order valence-corrected chi connectivity index (χ2v) is 4.90. The van der Waals surface area contributed by atoms with Gasteiger partial charge in [-0.1, -0.05) is 28.1 Å². The van der Waals surface area contributed by atoms with E-state index in [-0.39, 0.29) is 11.9 Å². The van der Waals surface area contributed by atoms with Crippen molar-refractivity contribution in [3.8, 4) is 5.75 Å². The molecule has 19 heavy (non-hydrogen) atoms. The number of ether oxygens (including phenoxy) is 1.